The second kappa shape index (κ2) is 5.71. The molecule has 0 aliphatic carbocycles. The van der Waals surface area contributed by atoms with E-state index < -0.39 is 0 Å². The van der Waals surface area contributed by atoms with Crippen LogP contribution < -0.4 is 0 Å². The molecule has 7 heavy (non-hydrogen) atoms. The lowest BCUT2D eigenvalue weighted by Crippen LogP contribution is -1.81. The van der Waals surface area contributed by atoms with Gasteiger partial charge in [0.2, 0.25) is 0 Å². The van der Waals surface area contributed by atoms with Gasteiger partial charge in [-0.05, 0) is 6.04 Å². The molecule has 0 atom stereocenters. The van der Waals surface area contributed by atoms with Crippen molar-refractivity contribution >= 4 is 9.52 Å². The zero-order valence-corrected chi connectivity index (χ0v) is 5.57. The Morgan fingerprint density at radius 2 is 2.43 bits per heavy atom. The van der Waals surface area contributed by atoms with Crippen molar-refractivity contribution in [1.29, 1.82) is 5.26 Å². The van der Waals surface area contributed by atoms with Gasteiger partial charge >= 0.3 is 0 Å². The first-order valence-electron chi connectivity index (χ1n) is 2.53. The van der Waals surface area contributed by atoms with Crippen LogP contribution in [0.1, 0.15) is 19.8 Å². The van der Waals surface area contributed by atoms with Gasteiger partial charge in [0.05, 0.1) is 0 Å². The van der Waals surface area contributed by atoms with Crippen molar-refractivity contribution in [2.24, 2.45) is 0 Å². The monoisotopic (exact) mass is 111 g/mol. The standard InChI is InChI=1S/C5H9NSi/c1-2-3-4-7-5-6/h2-4H2,1H3. The summed E-state index contributed by atoms with van der Waals surface area (Å²) >= 11 is 0. The number of unbranched alkanes of at least 4 members (excludes halogenated alkanes) is 1. The quantitative estimate of drug-likeness (QED) is 0.399. The van der Waals surface area contributed by atoms with E-state index in [0.717, 1.165) is 6.04 Å². The molecular formula is C5H9NSi. The van der Waals surface area contributed by atoms with Gasteiger partial charge in [-0.15, -0.1) is 0 Å². The average molecular weight is 111 g/mol. The second-order valence-electron chi connectivity index (χ2n) is 1.39. The Labute approximate surface area is 47.2 Å². The molecule has 38 valence electrons. The normalized spacial score (nSPS) is 8.00. The van der Waals surface area contributed by atoms with Crippen molar-refractivity contribution in [2.75, 3.05) is 0 Å². The van der Waals surface area contributed by atoms with E-state index in [1.54, 1.807) is 0 Å². The number of hydrogen-bond acceptors (Lipinski definition) is 1. The zero-order chi connectivity index (χ0) is 5.54. The van der Waals surface area contributed by atoms with Crippen LogP contribution in [0.25, 0.3) is 0 Å². The summed E-state index contributed by atoms with van der Waals surface area (Å²) in [6.45, 7) is 2.14. The lowest BCUT2D eigenvalue weighted by molar-refractivity contribution is 0.881. The number of nitrogens with zero attached hydrogens (tertiary/aromatic N) is 1. The maximum Gasteiger partial charge on any atom is 0.187 e. The molecule has 0 fully saturated rings. The third-order valence-electron chi connectivity index (χ3n) is 0.734. The van der Waals surface area contributed by atoms with E-state index in [-0.39, 0.29) is 0 Å². The molecule has 2 heteroatoms. The molecule has 0 bridgehead atoms. The van der Waals surface area contributed by atoms with Crippen LogP contribution in [-0.4, -0.2) is 9.52 Å². The zero-order valence-electron chi connectivity index (χ0n) is 4.57. The van der Waals surface area contributed by atoms with Crippen LogP contribution in [0.5, 0.6) is 0 Å². The van der Waals surface area contributed by atoms with Crippen LogP contribution >= 0.6 is 0 Å². The molecule has 0 aliphatic rings. The first-order chi connectivity index (χ1) is 3.41. The highest BCUT2D eigenvalue weighted by Gasteiger charge is 1.82. The third-order valence-corrected chi connectivity index (χ3v) is 1.50. The minimum Gasteiger partial charge on any atom is -0.207 e. The largest absolute Gasteiger partial charge is 0.207 e. The van der Waals surface area contributed by atoms with Crippen molar-refractivity contribution in [3.05, 3.63) is 0 Å². The van der Waals surface area contributed by atoms with Gasteiger partial charge in [0.15, 0.2) is 9.52 Å². The summed E-state index contributed by atoms with van der Waals surface area (Å²) in [5.74, 6) is 0. The van der Waals surface area contributed by atoms with Gasteiger partial charge in [-0.3, -0.25) is 0 Å². The van der Waals surface area contributed by atoms with Crippen LogP contribution in [-0.2, 0) is 0 Å². The molecule has 0 aliphatic heterocycles. The smallest absolute Gasteiger partial charge is 0.187 e. The molecule has 0 aromatic rings. The van der Waals surface area contributed by atoms with Gasteiger partial charge in [-0.1, -0.05) is 19.8 Å². The Morgan fingerprint density at radius 3 is 2.86 bits per heavy atom. The fraction of sp³-hybridized carbons (Fsp3) is 0.800. The van der Waals surface area contributed by atoms with Gasteiger partial charge in [0, 0.05) is 5.69 Å². The third kappa shape index (κ3) is 5.71. The van der Waals surface area contributed by atoms with E-state index in [1.807, 2.05) is 0 Å². The van der Waals surface area contributed by atoms with Crippen LogP contribution in [0.4, 0.5) is 0 Å². The molecule has 2 radical (unpaired) electrons. The average Bonchev–Trinajstić information content (AvgIpc) is 1.69. The Kier molecular flexibility index (Phi) is 5.47. The topological polar surface area (TPSA) is 23.8 Å². The van der Waals surface area contributed by atoms with Gasteiger partial charge in [-0.2, -0.15) is 0 Å². The fourth-order valence-corrected chi connectivity index (χ4v) is 0.963. The maximum absolute atomic E-state index is 8.06. The van der Waals surface area contributed by atoms with E-state index in [2.05, 4.69) is 12.6 Å². The first kappa shape index (κ1) is 6.71. The Balaban J connectivity index is 2.60. The van der Waals surface area contributed by atoms with Gasteiger partial charge < -0.3 is 0 Å². The van der Waals surface area contributed by atoms with Gasteiger partial charge in [-0.25, -0.2) is 5.26 Å². The lowest BCUT2D eigenvalue weighted by Gasteiger charge is -1.82. The molecule has 0 saturated carbocycles. The summed E-state index contributed by atoms with van der Waals surface area (Å²) in [4.78, 5) is 0. The van der Waals surface area contributed by atoms with Crippen molar-refractivity contribution in [3.8, 4) is 5.69 Å². The van der Waals surface area contributed by atoms with Gasteiger partial charge in [0.25, 0.3) is 0 Å². The van der Waals surface area contributed by atoms with Crippen LogP contribution in [0.3, 0.4) is 0 Å². The van der Waals surface area contributed by atoms with Crippen LogP contribution in [0, 0.1) is 11.0 Å². The summed E-state index contributed by atoms with van der Waals surface area (Å²) in [6.07, 6.45) is 2.43. The highest BCUT2D eigenvalue weighted by atomic mass is 28.2. The molecule has 0 N–H and O–H groups in total. The maximum atomic E-state index is 8.06. The molecule has 0 saturated heterocycles. The molecule has 0 unspecified atom stereocenters. The molecule has 0 aromatic carbocycles. The van der Waals surface area contributed by atoms with Crippen LogP contribution in [0.15, 0.2) is 0 Å². The molecule has 1 nitrogen and oxygen atoms in total. The summed E-state index contributed by atoms with van der Waals surface area (Å²) in [7, 11) is 0.527. The SMILES string of the molecule is CCCC[Si]C#N. The highest BCUT2D eigenvalue weighted by Crippen LogP contribution is 1.90. The number of nitriles is 1. The van der Waals surface area contributed by atoms with E-state index in [1.165, 1.54) is 12.8 Å². The van der Waals surface area contributed by atoms with Crippen molar-refractivity contribution in [3.63, 3.8) is 0 Å². The van der Waals surface area contributed by atoms with E-state index in [9.17, 15) is 0 Å². The van der Waals surface area contributed by atoms with Crippen molar-refractivity contribution < 1.29 is 0 Å². The van der Waals surface area contributed by atoms with E-state index >= 15 is 0 Å². The van der Waals surface area contributed by atoms with E-state index in [0.29, 0.717) is 9.52 Å². The molecule has 0 heterocycles. The Morgan fingerprint density at radius 1 is 1.71 bits per heavy atom. The van der Waals surface area contributed by atoms with Crippen molar-refractivity contribution in [1.82, 2.24) is 0 Å². The summed E-state index contributed by atoms with van der Waals surface area (Å²) in [6, 6.07) is 1.10. The van der Waals surface area contributed by atoms with Gasteiger partial charge in [0.1, 0.15) is 0 Å². The first-order valence-corrected chi connectivity index (χ1v) is 3.74. The highest BCUT2D eigenvalue weighted by molar-refractivity contribution is 6.44. The molecule has 0 spiro atoms. The summed E-state index contributed by atoms with van der Waals surface area (Å²) < 4.78 is 0. The number of rotatable bonds is 3. The summed E-state index contributed by atoms with van der Waals surface area (Å²) in [5.41, 5.74) is 2.13. The van der Waals surface area contributed by atoms with E-state index in [4.69, 9.17) is 5.26 Å². The molecule has 0 rings (SSSR count). The molecular weight excluding hydrogens is 102 g/mol. The predicted octanol–water partition coefficient (Wildman–Crippen LogP) is 1.39. The Hall–Kier alpha value is -0.293. The predicted molar refractivity (Wildman–Crippen MR) is 31.1 cm³/mol. The Bertz CT molecular complexity index is 65.0. The van der Waals surface area contributed by atoms with Crippen molar-refractivity contribution in [2.45, 2.75) is 25.8 Å². The number of hydrogen-bond donors (Lipinski definition) is 0. The van der Waals surface area contributed by atoms with Crippen LogP contribution in [0.2, 0.25) is 6.04 Å². The molecule has 0 amide bonds. The fourth-order valence-electron chi connectivity index (χ4n) is 0.321. The minimum atomic E-state index is 0.527. The summed E-state index contributed by atoms with van der Waals surface area (Å²) in [5, 5.41) is 8.06. The lowest BCUT2D eigenvalue weighted by atomic mass is 10.4. The second-order valence-corrected chi connectivity index (χ2v) is 2.47. The minimum absolute atomic E-state index is 0.527. The molecule has 0 aromatic heterocycles.